The summed E-state index contributed by atoms with van der Waals surface area (Å²) in [5, 5.41) is 6.27. The second-order valence-electron chi connectivity index (χ2n) is 10.1. The van der Waals surface area contributed by atoms with Gasteiger partial charge in [-0.25, -0.2) is 8.42 Å². The van der Waals surface area contributed by atoms with Crippen LogP contribution >= 0.6 is 0 Å². The third-order valence-electron chi connectivity index (χ3n) is 5.92. The fourth-order valence-electron chi connectivity index (χ4n) is 4.18. The maximum Gasteiger partial charge on any atom is 0.247 e. The molecule has 2 N–H and O–H groups in total. The van der Waals surface area contributed by atoms with Crippen LogP contribution in [0.5, 0.6) is 11.5 Å². The molecule has 3 rings (SSSR count). The minimum atomic E-state index is -3.55. The second kappa shape index (κ2) is 10.9. The van der Waals surface area contributed by atoms with Crippen LogP contribution in [0.1, 0.15) is 52.1 Å². The molecule has 2 aromatic carbocycles. The molecule has 0 bridgehead atoms. The molecule has 8 nitrogen and oxygen atoms in total. The number of ether oxygens (including phenoxy) is 2. The smallest absolute Gasteiger partial charge is 0.247 e. The van der Waals surface area contributed by atoms with Gasteiger partial charge in [0.05, 0.1) is 19.1 Å². The van der Waals surface area contributed by atoms with Crippen molar-refractivity contribution < 1.29 is 22.7 Å². The summed E-state index contributed by atoms with van der Waals surface area (Å²) < 4.78 is 38.5. The maximum atomic E-state index is 13.2. The summed E-state index contributed by atoms with van der Waals surface area (Å²) in [6.45, 7) is 8.90. The zero-order valence-electron chi connectivity index (χ0n) is 21.4. The van der Waals surface area contributed by atoms with E-state index < -0.39 is 21.6 Å². The van der Waals surface area contributed by atoms with Crippen molar-refractivity contribution in [2.75, 3.05) is 32.6 Å². The van der Waals surface area contributed by atoms with Crippen molar-refractivity contribution in [3.63, 3.8) is 0 Å². The van der Waals surface area contributed by atoms with Gasteiger partial charge in [-0.2, -0.15) is 4.31 Å². The molecule has 1 aliphatic heterocycles. The Morgan fingerprint density at radius 1 is 1.06 bits per heavy atom. The molecule has 0 aliphatic carbocycles. The number of rotatable bonds is 8. The zero-order valence-corrected chi connectivity index (χ0v) is 22.2. The van der Waals surface area contributed by atoms with Crippen molar-refractivity contribution in [1.29, 1.82) is 0 Å². The van der Waals surface area contributed by atoms with E-state index in [0.29, 0.717) is 41.8 Å². The highest BCUT2D eigenvalue weighted by atomic mass is 32.2. The van der Waals surface area contributed by atoms with Gasteiger partial charge in [-0.05, 0) is 81.5 Å². The molecule has 1 aliphatic rings. The summed E-state index contributed by atoms with van der Waals surface area (Å²) in [5.74, 6) is 1.21. The highest BCUT2D eigenvalue weighted by Crippen LogP contribution is 2.32. The molecule has 9 heteroatoms. The molecule has 0 radical (unpaired) electrons. The first kappa shape index (κ1) is 26.8. The SMILES string of the molecule is COc1ccc([C@H](Nc2ccc(S(=O)(=O)N3CCC[C@H](C)C3)cc2)C(=O)NC(C)(C)C)cc1OC. The monoisotopic (exact) mass is 503 g/mol. The zero-order chi connectivity index (χ0) is 25.8. The molecular weight excluding hydrogens is 466 g/mol. The molecule has 1 heterocycles. The van der Waals surface area contributed by atoms with Gasteiger partial charge in [-0.1, -0.05) is 13.0 Å². The van der Waals surface area contributed by atoms with Crippen LogP contribution in [0.2, 0.25) is 0 Å². The van der Waals surface area contributed by atoms with Gasteiger partial charge in [0.1, 0.15) is 6.04 Å². The standard InChI is InChI=1S/C26H37N3O5S/c1-18-8-7-15-29(17-18)35(31,32)21-12-10-20(11-13-21)27-24(25(30)28-26(2,3)4)19-9-14-22(33-5)23(16-19)34-6/h9-14,16,18,24,27H,7-8,15,17H2,1-6H3,(H,28,30)/t18-,24-/m0/s1. The lowest BCUT2D eigenvalue weighted by Crippen LogP contribution is -2.44. The van der Waals surface area contributed by atoms with Crippen molar-refractivity contribution in [2.24, 2.45) is 5.92 Å². The molecular formula is C26H37N3O5S. The predicted molar refractivity (Wildman–Crippen MR) is 137 cm³/mol. The number of hydrogen-bond acceptors (Lipinski definition) is 6. The first-order valence-electron chi connectivity index (χ1n) is 11.9. The first-order chi connectivity index (χ1) is 16.4. The quantitative estimate of drug-likeness (QED) is 0.561. The minimum absolute atomic E-state index is 0.219. The molecule has 0 aromatic heterocycles. The van der Waals surface area contributed by atoms with Gasteiger partial charge in [0.2, 0.25) is 15.9 Å². The summed E-state index contributed by atoms with van der Waals surface area (Å²) >= 11 is 0. The lowest BCUT2D eigenvalue weighted by Gasteiger charge is -2.30. The molecule has 1 saturated heterocycles. The Bertz CT molecular complexity index is 1130. The molecule has 1 fully saturated rings. The normalized spacial score (nSPS) is 17.9. The van der Waals surface area contributed by atoms with Crippen LogP contribution in [0.25, 0.3) is 0 Å². The van der Waals surface area contributed by atoms with Crippen LogP contribution < -0.4 is 20.1 Å². The highest BCUT2D eigenvalue weighted by molar-refractivity contribution is 7.89. The predicted octanol–water partition coefficient (Wildman–Crippen LogP) is 4.19. The van der Waals surface area contributed by atoms with Crippen molar-refractivity contribution >= 4 is 21.6 Å². The van der Waals surface area contributed by atoms with Crippen molar-refractivity contribution in [1.82, 2.24) is 9.62 Å². The molecule has 1 amide bonds. The number of methoxy groups -OCH3 is 2. The van der Waals surface area contributed by atoms with E-state index in [2.05, 4.69) is 17.6 Å². The summed E-state index contributed by atoms with van der Waals surface area (Å²) in [6, 6.07) is 11.1. The summed E-state index contributed by atoms with van der Waals surface area (Å²) in [6.07, 6.45) is 1.92. The van der Waals surface area contributed by atoms with E-state index in [9.17, 15) is 13.2 Å². The average molecular weight is 504 g/mol. The Labute approximate surface area is 209 Å². The van der Waals surface area contributed by atoms with E-state index in [4.69, 9.17) is 9.47 Å². The summed E-state index contributed by atoms with van der Waals surface area (Å²) in [5.41, 5.74) is 0.875. The number of carbonyl (C=O) groups excluding carboxylic acids is 1. The second-order valence-corrected chi connectivity index (χ2v) is 12.0. The number of hydrogen-bond donors (Lipinski definition) is 2. The Morgan fingerprint density at radius 3 is 2.29 bits per heavy atom. The number of amides is 1. The number of benzene rings is 2. The Balaban J connectivity index is 1.88. The Kier molecular flexibility index (Phi) is 8.33. The van der Waals surface area contributed by atoms with E-state index in [-0.39, 0.29) is 10.8 Å². The molecule has 192 valence electrons. The third-order valence-corrected chi connectivity index (χ3v) is 7.80. The fourth-order valence-corrected chi connectivity index (χ4v) is 5.78. The van der Waals surface area contributed by atoms with Gasteiger partial charge < -0.3 is 20.1 Å². The number of sulfonamides is 1. The topological polar surface area (TPSA) is 97.0 Å². The van der Waals surface area contributed by atoms with Crippen LogP contribution in [0.3, 0.4) is 0 Å². The molecule has 0 spiro atoms. The lowest BCUT2D eigenvalue weighted by molar-refractivity contribution is -0.123. The molecule has 0 saturated carbocycles. The van der Waals surface area contributed by atoms with Crippen LogP contribution in [0, 0.1) is 5.92 Å². The molecule has 2 atom stereocenters. The maximum absolute atomic E-state index is 13.2. The lowest BCUT2D eigenvalue weighted by atomic mass is 10.0. The van der Waals surface area contributed by atoms with Gasteiger partial charge in [0.25, 0.3) is 0 Å². The van der Waals surface area contributed by atoms with Crippen molar-refractivity contribution in [3.8, 4) is 11.5 Å². The molecule has 2 aromatic rings. The highest BCUT2D eigenvalue weighted by Gasteiger charge is 2.29. The van der Waals surface area contributed by atoms with Gasteiger partial charge >= 0.3 is 0 Å². The Hall–Kier alpha value is -2.78. The number of nitrogens with zero attached hydrogens (tertiary/aromatic N) is 1. The van der Waals surface area contributed by atoms with E-state index >= 15 is 0 Å². The van der Waals surface area contributed by atoms with E-state index in [1.54, 1.807) is 61.0 Å². The van der Waals surface area contributed by atoms with E-state index in [1.807, 2.05) is 20.8 Å². The fraction of sp³-hybridized carbons (Fsp3) is 0.500. The van der Waals surface area contributed by atoms with E-state index in [0.717, 1.165) is 12.8 Å². The van der Waals surface area contributed by atoms with Crippen LogP contribution in [0.15, 0.2) is 47.4 Å². The van der Waals surface area contributed by atoms with Gasteiger partial charge in [0, 0.05) is 24.3 Å². The number of carbonyl (C=O) groups is 1. The van der Waals surface area contributed by atoms with Crippen molar-refractivity contribution in [2.45, 2.75) is 57.0 Å². The van der Waals surface area contributed by atoms with Gasteiger partial charge in [-0.15, -0.1) is 0 Å². The number of piperidine rings is 1. The van der Waals surface area contributed by atoms with Gasteiger partial charge in [0.15, 0.2) is 11.5 Å². The van der Waals surface area contributed by atoms with Gasteiger partial charge in [-0.3, -0.25) is 4.79 Å². The molecule has 35 heavy (non-hydrogen) atoms. The number of nitrogens with one attached hydrogen (secondary N) is 2. The largest absolute Gasteiger partial charge is 0.493 e. The summed E-state index contributed by atoms with van der Waals surface area (Å²) in [7, 11) is -0.455. The van der Waals surface area contributed by atoms with Crippen LogP contribution in [0.4, 0.5) is 5.69 Å². The third kappa shape index (κ3) is 6.67. The van der Waals surface area contributed by atoms with Crippen LogP contribution in [-0.2, 0) is 14.8 Å². The average Bonchev–Trinajstić information content (AvgIpc) is 2.81. The summed E-state index contributed by atoms with van der Waals surface area (Å²) in [4.78, 5) is 13.5. The van der Waals surface area contributed by atoms with E-state index in [1.165, 1.54) is 0 Å². The number of anilines is 1. The van der Waals surface area contributed by atoms with Crippen molar-refractivity contribution in [3.05, 3.63) is 48.0 Å². The first-order valence-corrected chi connectivity index (χ1v) is 13.3. The minimum Gasteiger partial charge on any atom is -0.493 e. The Morgan fingerprint density at radius 2 is 1.71 bits per heavy atom. The molecule has 0 unspecified atom stereocenters. The van der Waals surface area contributed by atoms with Crippen LogP contribution in [-0.4, -0.2) is 51.5 Å².